The number of rotatable bonds is 4. The lowest BCUT2D eigenvalue weighted by molar-refractivity contribution is 0.0800. The van der Waals surface area contributed by atoms with Gasteiger partial charge >= 0.3 is 0 Å². The molecule has 0 unspecified atom stereocenters. The summed E-state index contributed by atoms with van der Waals surface area (Å²) in [4.78, 5) is 15.0. The zero-order valence-electron chi connectivity index (χ0n) is 23.8. The highest BCUT2D eigenvalue weighted by molar-refractivity contribution is 5.06. The summed E-state index contributed by atoms with van der Waals surface area (Å²) in [5.41, 5.74) is 2.40. The van der Waals surface area contributed by atoms with Crippen LogP contribution in [0.2, 0.25) is 0 Å². The van der Waals surface area contributed by atoms with Gasteiger partial charge in [-0.25, -0.2) is 0 Å². The van der Waals surface area contributed by atoms with Crippen LogP contribution in [0, 0.1) is 0 Å². The molecule has 6 nitrogen and oxygen atoms in total. The molecule has 2 aromatic rings. The van der Waals surface area contributed by atoms with Crippen LogP contribution in [0.15, 0.2) is 48.8 Å². The number of hydrogen-bond donors (Lipinski definition) is 2. The van der Waals surface area contributed by atoms with Gasteiger partial charge in [-0.15, -0.1) is 0 Å². The van der Waals surface area contributed by atoms with Crippen LogP contribution < -0.4 is 10.6 Å². The van der Waals surface area contributed by atoms with Crippen LogP contribution in [-0.2, 0) is 13.1 Å². The normalized spacial score (nSPS) is 32.6. The molecule has 0 amide bonds. The Morgan fingerprint density at radius 1 is 0.632 bits per heavy atom. The van der Waals surface area contributed by atoms with Gasteiger partial charge < -0.3 is 10.6 Å². The van der Waals surface area contributed by atoms with Crippen LogP contribution in [0.1, 0.15) is 89.4 Å². The Hall–Kier alpha value is -1.86. The first-order valence-electron chi connectivity index (χ1n) is 15.5. The second-order valence-corrected chi connectivity index (χ2v) is 12.2. The summed E-state index contributed by atoms with van der Waals surface area (Å²) in [5, 5.41) is 8.27. The van der Waals surface area contributed by atoms with E-state index in [4.69, 9.17) is 9.97 Å². The summed E-state index contributed by atoms with van der Waals surface area (Å²) < 4.78 is 0. The largest absolute Gasteiger partial charge is 0.310 e. The minimum absolute atomic E-state index is 0.500. The minimum atomic E-state index is 0.500. The van der Waals surface area contributed by atoms with Gasteiger partial charge in [0, 0.05) is 74.8 Å². The Kier molecular flexibility index (Phi) is 10.2. The molecule has 6 heteroatoms. The van der Waals surface area contributed by atoms with Crippen molar-refractivity contribution >= 4 is 0 Å². The van der Waals surface area contributed by atoms with Crippen molar-refractivity contribution in [3.8, 4) is 0 Å². The topological polar surface area (TPSA) is 56.3 Å². The standard InChI is InChI=1S/C32H50N6/c1-25-17-21-37(23-27-11-7-9-19-33-27)32-16-6-4-14-30(32)36-26(2)18-22-38(24-28-12-8-10-20-34-28)31-15-5-3-13-29(31)35-25/h7-12,19-20,25-26,29-32,35-36H,3-6,13-18,21-24H2,1-2H3/t25-,26+,29-,30+,31-,32+. The van der Waals surface area contributed by atoms with E-state index in [-0.39, 0.29) is 0 Å². The first-order chi connectivity index (χ1) is 18.7. The average molecular weight is 519 g/mol. The SMILES string of the molecule is C[C@@H]1CCN(Cc2ccccn2)[C@H]2CCCC[C@@H]2N[C@@H](C)CCN(Cc2ccccn2)[C@@H]2CCCC[C@H]2N1. The van der Waals surface area contributed by atoms with Gasteiger partial charge in [0.05, 0.1) is 11.4 Å². The molecular weight excluding hydrogens is 468 g/mol. The van der Waals surface area contributed by atoms with Crippen molar-refractivity contribution in [3.05, 3.63) is 60.2 Å². The third-order valence-electron chi connectivity index (χ3n) is 9.28. The summed E-state index contributed by atoms with van der Waals surface area (Å²) >= 11 is 0. The third-order valence-corrected chi connectivity index (χ3v) is 9.28. The van der Waals surface area contributed by atoms with E-state index >= 15 is 0 Å². The van der Waals surface area contributed by atoms with Crippen molar-refractivity contribution in [2.24, 2.45) is 0 Å². The van der Waals surface area contributed by atoms with Crippen LogP contribution in [0.3, 0.4) is 0 Å². The minimum Gasteiger partial charge on any atom is -0.310 e. The van der Waals surface area contributed by atoms with E-state index in [2.05, 4.69) is 58.5 Å². The number of aromatic nitrogens is 2. The van der Waals surface area contributed by atoms with E-state index in [1.165, 1.54) is 75.6 Å². The molecule has 5 rings (SSSR count). The van der Waals surface area contributed by atoms with E-state index in [1.54, 1.807) is 0 Å². The Labute approximate surface area is 231 Å². The lowest BCUT2D eigenvalue weighted by Gasteiger charge is -2.44. The molecule has 0 spiro atoms. The van der Waals surface area contributed by atoms with Crippen molar-refractivity contribution in [3.63, 3.8) is 0 Å². The summed E-state index contributed by atoms with van der Waals surface area (Å²) in [5.74, 6) is 0. The average Bonchev–Trinajstić information content (AvgIpc) is 2.95. The first kappa shape index (κ1) is 27.7. The highest BCUT2D eigenvalue weighted by Crippen LogP contribution is 2.28. The molecule has 208 valence electrons. The van der Waals surface area contributed by atoms with Crippen LogP contribution in [0.25, 0.3) is 0 Å². The van der Waals surface area contributed by atoms with E-state index in [1.807, 2.05) is 24.5 Å². The molecule has 1 saturated heterocycles. The number of nitrogens with one attached hydrogen (secondary N) is 2. The van der Waals surface area contributed by atoms with E-state index in [9.17, 15) is 0 Å². The molecule has 1 aliphatic heterocycles. The third kappa shape index (κ3) is 7.62. The van der Waals surface area contributed by atoms with Crippen molar-refractivity contribution in [1.82, 2.24) is 30.4 Å². The quantitative estimate of drug-likeness (QED) is 0.584. The van der Waals surface area contributed by atoms with Crippen LogP contribution in [-0.4, -0.2) is 69.1 Å². The van der Waals surface area contributed by atoms with Crippen molar-refractivity contribution in [2.75, 3.05) is 13.1 Å². The Morgan fingerprint density at radius 3 is 1.50 bits per heavy atom. The van der Waals surface area contributed by atoms with Gasteiger partial charge in [0.1, 0.15) is 0 Å². The molecule has 3 fully saturated rings. The second-order valence-electron chi connectivity index (χ2n) is 12.2. The van der Waals surface area contributed by atoms with Gasteiger partial charge in [-0.05, 0) is 76.6 Å². The lowest BCUT2D eigenvalue weighted by Crippen LogP contribution is -2.57. The van der Waals surface area contributed by atoms with Crippen molar-refractivity contribution in [1.29, 1.82) is 0 Å². The predicted octanol–water partition coefficient (Wildman–Crippen LogP) is 5.15. The second kappa shape index (κ2) is 14.0. The molecule has 6 atom stereocenters. The number of hydrogen-bond acceptors (Lipinski definition) is 6. The van der Waals surface area contributed by atoms with Crippen LogP contribution >= 0.6 is 0 Å². The molecular formula is C32H50N6. The smallest absolute Gasteiger partial charge is 0.0544 e. The highest BCUT2D eigenvalue weighted by atomic mass is 15.2. The molecule has 3 heterocycles. The molecule has 2 aliphatic carbocycles. The van der Waals surface area contributed by atoms with Gasteiger partial charge in [0.15, 0.2) is 0 Å². The zero-order chi connectivity index (χ0) is 26.2. The van der Waals surface area contributed by atoms with E-state index in [0.29, 0.717) is 36.3 Å². The Morgan fingerprint density at radius 2 is 1.08 bits per heavy atom. The summed E-state index contributed by atoms with van der Waals surface area (Å²) in [6.45, 7) is 8.98. The van der Waals surface area contributed by atoms with Gasteiger partial charge in [-0.1, -0.05) is 37.8 Å². The van der Waals surface area contributed by atoms with Crippen LogP contribution in [0.4, 0.5) is 0 Å². The van der Waals surface area contributed by atoms with Crippen LogP contribution in [0.5, 0.6) is 0 Å². The summed E-state index contributed by atoms with van der Waals surface area (Å²) in [6.07, 6.45) is 16.7. The van der Waals surface area contributed by atoms with Gasteiger partial charge in [-0.2, -0.15) is 0 Å². The first-order valence-corrected chi connectivity index (χ1v) is 15.5. The molecule has 38 heavy (non-hydrogen) atoms. The fourth-order valence-corrected chi connectivity index (χ4v) is 7.23. The van der Waals surface area contributed by atoms with E-state index < -0.39 is 0 Å². The molecule has 2 aromatic heterocycles. The number of pyridine rings is 2. The van der Waals surface area contributed by atoms with Gasteiger partial charge in [-0.3, -0.25) is 19.8 Å². The lowest BCUT2D eigenvalue weighted by atomic mass is 9.86. The number of nitrogens with zero attached hydrogens (tertiary/aromatic N) is 4. The monoisotopic (exact) mass is 518 g/mol. The summed E-state index contributed by atoms with van der Waals surface area (Å²) in [6, 6.07) is 16.0. The maximum Gasteiger partial charge on any atom is 0.0544 e. The van der Waals surface area contributed by atoms with E-state index in [0.717, 1.165) is 26.2 Å². The predicted molar refractivity (Wildman–Crippen MR) is 156 cm³/mol. The zero-order valence-corrected chi connectivity index (χ0v) is 23.8. The van der Waals surface area contributed by atoms with Gasteiger partial charge in [0.2, 0.25) is 0 Å². The maximum atomic E-state index is 4.71. The molecule has 2 N–H and O–H groups in total. The van der Waals surface area contributed by atoms with Gasteiger partial charge in [0.25, 0.3) is 0 Å². The number of fused-ring (bicyclic) bond motifs is 2. The molecule has 0 aromatic carbocycles. The summed E-state index contributed by atoms with van der Waals surface area (Å²) in [7, 11) is 0. The Balaban J connectivity index is 1.37. The fraction of sp³-hybridized carbons (Fsp3) is 0.688. The van der Waals surface area contributed by atoms with Crippen molar-refractivity contribution < 1.29 is 0 Å². The fourth-order valence-electron chi connectivity index (χ4n) is 7.23. The molecule has 3 aliphatic rings. The molecule has 2 saturated carbocycles. The van der Waals surface area contributed by atoms with Crippen molar-refractivity contribution in [2.45, 2.75) is 127 Å². The highest BCUT2D eigenvalue weighted by Gasteiger charge is 2.34. The Bertz CT molecular complexity index is 862. The molecule has 0 bridgehead atoms. The molecule has 0 radical (unpaired) electrons. The maximum absolute atomic E-state index is 4.71.